The van der Waals surface area contributed by atoms with Gasteiger partial charge in [0.1, 0.15) is 11.4 Å². The van der Waals surface area contributed by atoms with E-state index in [1.54, 1.807) is 12.1 Å². The Hall–Kier alpha value is -2.02. The maximum absolute atomic E-state index is 12.9. The average Bonchev–Trinajstić information content (AvgIpc) is 2.51. The Morgan fingerprint density at radius 3 is 2.65 bits per heavy atom. The number of ether oxygens (including phenoxy) is 1. The number of nitrogens with zero attached hydrogens (tertiary/aromatic N) is 1. The Bertz CT molecular complexity index is 673. The molecular formula is C16H20F3N3O. The molecule has 4 nitrogen and oxygen atoms in total. The summed E-state index contributed by atoms with van der Waals surface area (Å²) in [4.78, 5) is 3.79. The van der Waals surface area contributed by atoms with Crippen LogP contribution < -0.4 is 15.8 Å². The van der Waals surface area contributed by atoms with Gasteiger partial charge < -0.3 is 15.8 Å². The molecule has 0 aliphatic carbocycles. The van der Waals surface area contributed by atoms with Crippen molar-refractivity contribution in [1.29, 1.82) is 0 Å². The summed E-state index contributed by atoms with van der Waals surface area (Å²) in [6, 6.07) is 5.77. The Morgan fingerprint density at radius 1 is 1.30 bits per heavy atom. The highest BCUT2D eigenvalue weighted by Crippen LogP contribution is 2.33. The number of fused-ring (bicyclic) bond motifs is 1. The van der Waals surface area contributed by atoms with Gasteiger partial charge in [0.25, 0.3) is 0 Å². The second kappa shape index (κ2) is 7.04. The van der Waals surface area contributed by atoms with E-state index in [4.69, 9.17) is 10.5 Å². The third-order valence-corrected chi connectivity index (χ3v) is 3.54. The van der Waals surface area contributed by atoms with Crippen LogP contribution in [0.4, 0.5) is 18.9 Å². The molecule has 1 unspecified atom stereocenters. The normalized spacial score (nSPS) is 13.1. The van der Waals surface area contributed by atoms with Gasteiger partial charge in [-0.3, -0.25) is 0 Å². The number of anilines is 1. The molecule has 0 saturated carbocycles. The summed E-state index contributed by atoms with van der Waals surface area (Å²) < 4.78 is 43.9. The molecule has 7 heteroatoms. The van der Waals surface area contributed by atoms with E-state index in [9.17, 15) is 13.2 Å². The number of pyridine rings is 1. The van der Waals surface area contributed by atoms with Gasteiger partial charge in [-0.1, -0.05) is 6.07 Å². The number of rotatable bonds is 6. The molecule has 0 amide bonds. The Kier molecular flexibility index (Phi) is 5.30. The number of nitrogens with two attached hydrogens (primary N) is 1. The van der Waals surface area contributed by atoms with Crippen LogP contribution in [-0.4, -0.2) is 24.7 Å². The summed E-state index contributed by atoms with van der Waals surface area (Å²) in [5.74, 6) is 0.563. The van der Waals surface area contributed by atoms with Crippen LogP contribution in [0.15, 0.2) is 24.3 Å². The number of aromatic nitrogens is 1. The van der Waals surface area contributed by atoms with E-state index in [1.807, 2.05) is 6.92 Å². The van der Waals surface area contributed by atoms with Crippen molar-refractivity contribution >= 4 is 16.6 Å². The predicted molar refractivity (Wildman–Crippen MR) is 84.7 cm³/mol. The van der Waals surface area contributed by atoms with E-state index in [0.717, 1.165) is 18.9 Å². The maximum Gasteiger partial charge on any atom is 0.433 e. The number of methoxy groups -OCH3 is 1. The molecule has 0 radical (unpaired) electrons. The topological polar surface area (TPSA) is 60.2 Å². The Morgan fingerprint density at radius 2 is 2.04 bits per heavy atom. The van der Waals surface area contributed by atoms with Crippen molar-refractivity contribution in [1.82, 2.24) is 4.98 Å². The lowest BCUT2D eigenvalue weighted by molar-refractivity contribution is -0.140. The summed E-state index contributed by atoms with van der Waals surface area (Å²) >= 11 is 0. The van der Waals surface area contributed by atoms with E-state index < -0.39 is 11.9 Å². The van der Waals surface area contributed by atoms with E-state index in [-0.39, 0.29) is 11.6 Å². The van der Waals surface area contributed by atoms with Crippen LogP contribution in [0.3, 0.4) is 0 Å². The summed E-state index contributed by atoms with van der Waals surface area (Å²) in [7, 11) is 1.51. The zero-order chi connectivity index (χ0) is 17.0. The minimum atomic E-state index is -4.48. The number of alkyl halides is 3. The molecule has 0 fully saturated rings. The van der Waals surface area contributed by atoms with Crippen molar-refractivity contribution in [2.45, 2.75) is 32.0 Å². The molecule has 0 spiro atoms. The van der Waals surface area contributed by atoms with Gasteiger partial charge in [0.05, 0.1) is 18.3 Å². The Balaban J connectivity index is 2.46. The number of halogens is 3. The van der Waals surface area contributed by atoms with Gasteiger partial charge in [0.2, 0.25) is 0 Å². The molecule has 0 bridgehead atoms. The molecule has 0 saturated heterocycles. The summed E-state index contributed by atoms with van der Waals surface area (Å²) in [6.07, 6.45) is -2.83. The van der Waals surface area contributed by atoms with Gasteiger partial charge in [-0.25, -0.2) is 4.98 Å². The fraction of sp³-hybridized carbons (Fsp3) is 0.438. The van der Waals surface area contributed by atoms with Crippen LogP contribution >= 0.6 is 0 Å². The van der Waals surface area contributed by atoms with Crippen LogP contribution in [0.2, 0.25) is 0 Å². The Labute approximate surface area is 132 Å². The summed E-state index contributed by atoms with van der Waals surface area (Å²) in [5.41, 5.74) is 5.38. The zero-order valence-corrected chi connectivity index (χ0v) is 13.1. The van der Waals surface area contributed by atoms with Crippen molar-refractivity contribution in [2.75, 3.05) is 19.0 Å². The first-order chi connectivity index (χ1) is 10.8. The van der Waals surface area contributed by atoms with E-state index in [2.05, 4.69) is 10.3 Å². The first kappa shape index (κ1) is 17.3. The van der Waals surface area contributed by atoms with Crippen LogP contribution in [-0.2, 0) is 6.18 Å². The monoisotopic (exact) mass is 327 g/mol. The standard InChI is InChI=1S/C16H20F3N3O/c1-10(4-3-7-20)21-13-9-12(23-2)8-11-5-6-14(16(17,18)19)22-15(11)13/h5-6,8-10,21H,3-4,7,20H2,1-2H3. The quantitative estimate of drug-likeness (QED) is 0.847. The second-order valence-electron chi connectivity index (χ2n) is 5.42. The lowest BCUT2D eigenvalue weighted by Crippen LogP contribution is -2.17. The van der Waals surface area contributed by atoms with E-state index >= 15 is 0 Å². The number of hydrogen-bond acceptors (Lipinski definition) is 4. The maximum atomic E-state index is 12.9. The first-order valence-electron chi connectivity index (χ1n) is 7.37. The van der Waals surface area contributed by atoms with Gasteiger partial charge in [0, 0.05) is 17.5 Å². The molecule has 3 N–H and O–H groups in total. The molecule has 1 atom stereocenters. The largest absolute Gasteiger partial charge is 0.497 e. The molecule has 126 valence electrons. The number of hydrogen-bond donors (Lipinski definition) is 2. The van der Waals surface area contributed by atoms with Crippen molar-refractivity contribution in [3.63, 3.8) is 0 Å². The van der Waals surface area contributed by atoms with Crippen molar-refractivity contribution in [3.8, 4) is 5.75 Å². The van der Waals surface area contributed by atoms with Gasteiger partial charge in [0.15, 0.2) is 0 Å². The smallest absolute Gasteiger partial charge is 0.433 e. The summed E-state index contributed by atoms with van der Waals surface area (Å²) in [5, 5.41) is 3.80. The van der Waals surface area contributed by atoms with Crippen LogP contribution in [0.25, 0.3) is 10.9 Å². The molecule has 0 aliphatic rings. The van der Waals surface area contributed by atoms with Crippen LogP contribution in [0, 0.1) is 0 Å². The lowest BCUT2D eigenvalue weighted by atomic mass is 10.1. The van der Waals surface area contributed by atoms with Gasteiger partial charge >= 0.3 is 6.18 Å². The molecular weight excluding hydrogens is 307 g/mol. The van der Waals surface area contributed by atoms with Gasteiger partial charge in [-0.2, -0.15) is 13.2 Å². The van der Waals surface area contributed by atoms with Crippen molar-refractivity contribution < 1.29 is 17.9 Å². The SMILES string of the molecule is COc1cc(NC(C)CCCN)c2nc(C(F)(F)F)ccc2c1. The third-order valence-electron chi connectivity index (χ3n) is 3.54. The fourth-order valence-electron chi connectivity index (χ4n) is 2.36. The van der Waals surface area contributed by atoms with Gasteiger partial charge in [-0.05, 0) is 38.4 Å². The molecule has 2 rings (SSSR count). The van der Waals surface area contributed by atoms with Crippen molar-refractivity contribution in [3.05, 3.63) is 30.0 Å². The molecule has 0 aliphatic heterocycles. The lowest BCUT2D eigenvalue weighted by Gasteiger charge is -2.18. The highest BCUT2D eigenvalue weighted by atomic mass is 19.4. The van der Waals surface area contributed by atoms with Crippen LogP contribution in [0.5, 0.6) is 5.75 Å². The molecule has 1 aromatic carbocycles. The molecule has 1 aromatic heterocycles. The van der Waals surface area contributed by atoms with Gasteiger partial charge in [-0.15, -0.1) is 0 Å². The minimum absolute atomic E-state index is 0.0604. The highest BCUT2D eigenvalue weighted by Gasteiger charge is 2.32. The second-order valence-corrected chi connectivity index (χ2v) is 5.42. The number of benzene rings is 1. The van der Waals surface area contributed by atoms with Crippen LogP contribution in [0.1, 0.15) is 25.5 Å². The first-order valence-corrected chi connectivity index (χ1v) is 7.37. The fourth-order valence-corrected chi connectivity index (χ4v) is 2.36. The zero-order valence-electron chi connectivity index (χ0n) is 13.1. The van der Waals surface area contributed by atoms with E-state index in [0.29, 0.717) is 23.4 Å². The summed E-state index contributed by atoms with van der Waals surface area (Å²) in [6.45, 7) is 2.52. The average molecular weight is 327 g/mol. The molecule has 23 heavy (non-hydrogen) atoms. The minimum Gasteiger partial charge on any atom is -0.497 e. The molecule has 1 heterocycles. The van der Waals surface area contributed by atoms with Crippen molar-refractivity contribution in [2.24, 2.45) is 5.73 Å². The highest BCUT2D eigenvalue weighted by molar-refractivity contribution is 5.92. The molecule has 2 aromatic rings. The third kappa shape index (κ3) is 4.25. The van der Waals surface area contributed by atoms with E-state index in [1.165, 1.54) is 13.2 Å². The number of nitrogens with one attached hydrogen (secondary N) is 1. The predicted octanol–water partition coefficient (Wildman–Crippen LogP) is 3.80.